The van der Waals surface area contributed by atoms with Crippen molar-refractivity contribution in [1.29, 1.82) is 0 Å². The van der Waals surface area contributed by atoms with Crippen molar-refractivity contribution < 1.29 is 4.79 Å². The maximum absolute atomic E-state index is 12.0. The Kier molecular flexibility index (Phi) is 3.52. The van der Waals surface area contributed by atoms with Crippen molar-refractivity contribution in [2.45, 2.75) is 18.6 Å². The van der Waals surface area contributed by atoms with Gasteiger partial charge in [-0.05, 0) is 24.6 Å². The van der Waals surface area contributed by atoms with E-state index in [1.807, 2.05) is 19.1 Å². The van der Waals surface area contributed by atoms with Crippen molar-refractivity contribution in [3.05, 3.63) is 29.3 Å². The van der Waals surface area contributed by atoms with Gasteiger partial charge in [0.15, 0.2) is 0 Å². The molecular weight excluding hydrogens is 262 g/mol. The summed E-state index contributed by atoms with van der Waals surface area (Å²) >= 11 is 12.6. The minimum absolute atomic E-state index is 0.0496. The molecule has 0 radical (unpaired) electrons. The van der Waals surface area contributed by atoms with E-state index >= 15 is 0 Å². The number of thioether (sulfide) groups is 1. The average molecular weight is 272 g/mol. The summed E-state index contributed by atoms with van der Waals surface area (Å²) in [5, 5.41) is 0.560. The van der Waals surface area contributed by atoms with E-state index in [9.17, 15) is 4.79 Å². The maximum atomic E-state index is 12.0. The minimum Gasteiger partial charge on any atom is -0.273 e. The van der Waals surface area contributed by atoms with Gasteiger partial charge in [-0.1, -0.05) is 48.6 Å². The van der Waals surface area contributed by atoms with Gasteiger partial charge >= 0.3 is 0 Å². The molecule has 1 unspecified atom stereocenters. The molecule has 5 heteroatoms. The lowest BCUT2D eigenvalue weighted by Crippen LogP contribution is -2.30. The molecule has 0 aromatic heterocycles. The van der Waals surface area contributed by atoms with Crippen LogP contribution in [0.15, 0.2) is 24.3 Å². The lowest BCUT2D eigenvalue weighted by Gasteiger charge is -2.15. The van der Waals surface area contributed by atoms with E-state index in [1.165, 1.54) is 11.8 Å². The average Bonchev–Trinajstić information content (AvgIpc) is 2.53. The Balaban J connectivity index is 2.34. The van der Waals surface area contributed by atoms with Crippen molar-refractivity contribution in [3.63, 3.8) is 0 Å². The summed E-state index contributed by atoms with van der Waals surface area (Å²) in [7, 11) is 0. The molecular formula is C11H10ClNOS2. The monoisotopic (exact) mass is 271 g/mol. The highest BCUT2D eigenvalue weighted by atomic mass is 35.5. The Morgan fingerprint density at radius 3 is 2.88 bits per heavy atom. The predicted octanol–water partition coefficient (Wildman–Crippen LogP) is 3.48. The number of hydrogen-bond acceptors (Lipinski definition) is 3. The van der Waals surface area contributed by atoms with Crippen LogP contribution in [0, 0.1) is 0 Å². The Hall–Kier alpha value is -0.580. The number of hydrogen-bond donors (Lipinski definition) is 0. The van der Waals surface area contributed by atoms with Crippen LogP contribution in [0.5, 0.6) is 0 Å². The standard InChI is InChI=1S/C11H10ClNOS2/c1-2-9-10(14)13(11(15)16-9)8-5-3-4-7(12)6-8/h3-6,9H,2H2,1H3. The van der Waals surface area contributed by atoms with Gasteiger partial charge < -0.3 is 0 Å². The molecule has 16 heavy (non-hydrogen) atoms. The summed E-state index contributed by atoms with van der Waals surface area (Å²) in [5.41, 5.74) is 0.756. The summed E-state index contributed by atoms with van der Waals surface area (Å²) in [6, 6.07) is 7.19. The van der Waals surface area contributed by atoms with Gasteiger partial charge in [-0.3, -0.25) is 9.69 Å². The number of benzene rings is 1. The zero-order valence-electron chi connectivity index (χ0n) is 8.64. The molecule has 0 bridgehead atoms. The first kappa shape index (κ1) is 11.9. The number of thiocarbonyl (C=S) groups is 1. The zero-order valence-corrected chi connectivity index (χ0v) is 11.0. The molecule has 1 aliphatic rings. The van der Waals surface area contributed by atoms with Crippen molar-refractivity contribution in [3.8, 4) is 0 Å². The molecule has 84 valence electrons. The maximum Gasteiger partial charge on any atom is 0.246 e. The van der Waals surface area contributed by atoms with E-state index in [0.29, 0.717) is 9.34 Å². The van der Waals surface area contributed by atoms with Gasteiger partial charge in [0.1, 0.15) is 4.32 Å². The Morgan fingerprint density at radius 1 is 1.56 bits per heavy atom. The summed E-state index contributed by atoms with van der Waals surface area (Å²) in [5.74, 6) is 0.0553. The van der Waals surface area contributed by atoms with Gasteiger partial charge in [0.2, 0.25) is 5.91 Å². The van der Waals surface area contributed by atoms with Gasteiger partial charge in [0, 0.05) is 5.02 Å². The smallest absolute Gasteiger partial charge is 0.246 e. The highest BCUT2D eigenvalue weighted by molar-refractivity contribution is 8.25. The third kappa shape index (κ3) is 2.10. The highest BCUT2D eigenvalue weighted by Gasteiger charge is 2.36. The summed E-state index contributed by atoms with van der Waals surface area (Å²) < 4.78 is 0.610. The molecule has 0 spiro atoms. The van der Waals surface area contributed by atoms with Crippen molar-refractivity contribution >= 4 is 51.5 Å². The second kappa shape index (κ2) is 4.73. The number of halogens is 1. The van der Waals surface area contributed by atoms with E-state index in [0.717, 1.165) is 12.1 Å². The van der Waals surface area contributed by atoms with Crippen LogP contribution in [0.25, 0.3) is 0 Å². The topological polar surface area (TPSA) is 20.3 Å². The van der Waals surface area contributed by atoms with Gasteiger partial charge in [0.05, 0.1) is 10.9 Å². The Morgan fingerprint density at radius 2 is 2.31 bits per heavy atom. The molecule has 2 nitrogen and oxygen atoms in total. The fraction of sp³-hybridized carbons (Fsp3) is 0.273. The number of rotatable bonds is 2. The van der Waals surface area contributed by atoms with Crippen LogP contribution in [0.3, 0.4) is 0 Å². The molecule has 1 aromatic rings. The van der Waals surface area contributed by atoms with E-state index in [-0.39, 0.29) is 11.2 Å². The Labute approximate surface area is 109 Å². The molecule has 1 heterocycles. The Bertz CT molecular complexity index is 449. The minimum atomic E-state index is -0.0496. The molecule has 0 aliphatic carbocycles. The van der Waals surface area contributed by atoms with Crippen LogP contribution < -0.4 is 4.90 Å². The molecule has 1 aromatic carbocycles. The fourth-order valence-corrected chi connectivity index (χ4v) is 3.21. The lowest BCUT2D eigenvalue weighted by atomic mass is 10.2. The third-order valence-electron chi connectivity index (χ3n) is 2.36. The fourth-order valence-electron chi connectivity index (χ4n) is 1.56. The number of anilines is 1. The van der Waals surface area contributed by atoms with Crippen LogP contribution in [0.2, 0.25) is 5.02 Å². The molecule has 1 saturated heterocycles. The summed E-state index contributed by atoms with van der Waals surface area (Å²) in [6.45, 7) is 1.99. The molecule has 1 atom stereocenters. The number of carbonyl (C=O) groups excluding carboxylic acids is 1. The first-order valence-corrected chi connectivity index (χ1v) is 6.60. The zero-order chi connectivity index (χ0) is 11.7. The van der Waals surface area contributed by atoms with Gasteiger partial charge in [-0.2, -0.15) is 0 Å². The van der Waals surface area contributed by atoms with E-state index in [4.69, 9.17) is 23.8 Å². The second-order valence-electron chi connectivity index (χ2n) is 3.43. The normalized spacial score (nSPS) is 20.6. The number of carbonyl (C=O) groups is 1. The van der Waals surface area contributed by atoms with Crippen LogP contribution in [0.4, 0.5) is 5.69 Å². The number of amides is 1. The largest absolute Gasteiger partial charge is 0.273 e. The summed E-state index contributed by atoms with van der Waals surface area (Å²) in [4.78, 5) is 13.6. The highest BCUT2D eigenvalue weighted by Crippen LogP contribution is 2.34. The molecule has 1 amide bonds. The predicted molar refractivity (Wildman–Crippen MR) is 73.2 cm³/mol. The van der Waals surface area contributed by atoms with Crippen LogP contribution in [-0.2, 0) is 4.79 Å². The van der Waals surface area contributed by atoms with Gasteiger partial charge in [0.25, 0.3) is 0 Å². The van der Waals surface area contributed by atoms with Crippen LogP contribution in [0.1, 0.15) is 13.3 Å². The van der Waals surface area contributed by atoms with Gasteiger partial charge in [-0.15, -0.1) is 0 Å². The molecule has 1 aliphatic heterocycles. The van der Waals surface area contributed by atoms with Crippen molar-refractivity contribution in [1.82, 2.24) is 0 Å². The quantitative estimate of drug-likeness (QED) is 0.768. The molecule has 1 fully saturated rings. The third-order valence-corrected chi connectivity index (χ3v) is 4.27. The molecule has 0 N–H and O–H groups in total. The lowest BCUT2D eigenvalue weighted by molar-refractivity contribution is -0.116. The van der Waals surface area contributed by atoms with Crippen molar-refractivity contribution in [2.24, 2.45) is 0 Å². The van der Waals surface area contributed by atoms with E-state index < -0.39 is 0 Å². The molecule has 0 saturated carbocycles. The first-order chi connectivity index (χ1) is 7.63. The van der Waals surface area contributed by atoms with E-state index in [2.05, 4.69) is 0 Å². The number of nitrogens with zero attached hydrogens (tertiary/aromatic N) is 1. The second-order valence-corrected chi connectivity index (χ2v) is 5.71. The van der Waals surface area contributed by atoms with Crippen LogP contribution >= 0.6 is 35.6 Å². The first-order valence-electron chi connectivity index (χ1n) is 4.93. The van der Waals surface area contributed by atoms with Gasteiger partial charge in [-0.25, -0.2) is 0 Å². The SMILES string of the molecule is CCC1SC(=S)N(c2cccc(Cl)c2)C1=O. The molecule has 2 rings (SSSR count). The van der Waals surface area contributed by atoms with E-state index in [1.54, 1.807) is 17.0 Å². The summed E-state index contributed by atoms with van der Waals surface area (Å²) in [6.07, 6.45) is 0.792. The van der Waals surface area contributed by atoms with Crippen molar-refractivity contribution in [2.75, 3.05) is 4.90 Å². The van der Waals surface area contributed by atoms with Crippen LogP contribution in [-0.4, -0.2) is 15.5 Å².